The zero-order chi connectivity index (χ0) is 18.4. The Balaban J connectivity index is 2.06. The Morgan fingerprint density at radius 1 is 1.12 bits per heavy atom. The summed E-state index contributed by atoms with van der Waals surface area (Å²) in [5.74, 6) is -3.05. The molecule has 132 valence electrons. The van der Waals surface area contributed by atoms with E-state index in [1.54, 1.807) is 0 Å². The first-order valence-corrected chi connectivity index (χ1v) is 8.52. The largest absolute Gasteiger partial charge is 0.467 e. The summed E-state index contributed by atoms with van der Waals surface area (Å²) in [6.07, 6.45) is 0.101. The lowest BCUT2D eigenvalue weighted by Crippen LogP contribution is -2.43. The van der Waals surface area contributed by atoms with Crippen molar-refractivity contribution in [3.8, 4) is 0 Å². The fraction of sp³-hybridized carbons (Fsp3) is 0.222. The Morgan fingerprint density at radius 2 is 1.88 bits per heavy atom. The molecule has 2 aromatic rings. The van der Waals surface area contributed by atoms with Crippen molar-refractivity contribution >= 4 is 34.5 Å². The predicted octanol–water partition coefficient (Wildman–Crippen LogP) is 3.01. The molecule has 1 N–H and O–H groups in total. The number of hydrogen-bond acceptors (Lipinski definition) is 3. The van der Waals surface area contributed by atoms with Crippen LogP contribution in [0.1, 0.15) is 11.1 Å². The lowest BCUT2D eigenvalue weighted by molar-refractivity contribution is -0.145. The van der Waals surface area contributed by atoms with Gasteiger partial charge in [-0.1, -0.05) is 18.2 Å². The topological polar surface area (TPSA) is 55.4 Å². The second-order valence-corrected chi connectivity index (χ2v) is 6.65. The molecule has 7 heteroatoms. The van der Waals surface area contributed by atoms with Crippen LogP contribution in [0.5, 0.6) is 0 Å². The van der Waals surface area contributed by atoms with E-state index in [2.05, 4.69) is 27.9 Å². The van der Waals surface area contributed by atoms with Gasteiger partial charge in [0.05, 0.1) is 13.5 Å². The molecule has 25 heavy (non-hydrogen) atoms. The number of carbonyl (C=O) groups excluding carboxylic acids is 2. The standard InChI is InChI=1S/C18H16F2INO3/c1-25-18(24)16(9-11-3-2-4-13(21)7-11)22-17(23)10-12-5-6-14(19)15(20)8-12/h2-8,16H,9-10H2,1H3,(H,22,23)/t16-/m1/s1. The molecule has 0 saturated heterocycles. The van der Waals surface area contributed by atoms with Gasteiger partial charge in [-0.2, -0.15) is 0 Å². The van der Waals surface area contributed by atoms with Crippen molar-refractivity contribution < 1.29 is 23.1 Å². The van der Waals surface area contributed by atoms with Crippen molar-refractivity contribution in [2.75, 3.05) is 7.11 Å². The summed E-state index contributed by atoms with van der Waals surface area (Å²) in [6.45, 7) is 0. The highest BCUT2D eigenvalue weighted by molar-refractivity contribution is 14.1. The molecular formula is C18H16F2INO3. The van der Waals surface area contributed by atoms with Gasteiger partial charge in [-0.3, -0.25) is 4.79 Å². The van der Waals surface area contributed by atoms with E-state index < -0.39 is 29.6 Å². The summed E-state index contributed by atoms with van der Waals surface area (Å²) in [7, 11) is 1.24. The zero-order valence-corrected chi connectivity index (χ0v) is 15.5. The Morgan fingerprint density at radius 3 is 2.52 bits per heavy atom. The first-order valence-electron chi connectivity index (χ1n) is 7.44. The van der Waals surface area contributed by atoms with Crippen LogP contribution in [0, 0.1) is 15.2 Å². The summed E-state index contributed by atoms with van der Waals surface area (Å²) >= 11 is 2.16. The van der Waals surface area contributed by atoms with Crippen LogP contribution in [0.2, 0.25) is 0 Å². The highest BCUT2D eigenvalue weighted by atomic mass is 127. The molecule has 0 fully saturated rings. The molecule has 0 unspecified atom stereocenters. The smallest absolute Gasteiger partial charge is 0.328 e. The van der Waals surface area contributed by atoms with Gasteiger partial charge < -0.3 is 10.1 Å². The number of amides is 1. The van der Waals surface area contributed by atoms with Gasteiger partial charge in [0, 0.05) is 9.99 Å². The predicted molar refractivity (Wildman–Crippen MR) is 96.9 cm³/mol. The van der Waals surface area contributed by atoms with Crippen LogP contribution in [0.15, 0.2) is 42.5 Å². The number of ether oxygens (including phenoxy) is 1. The molecule has 0 radical (unpaired) electrons. The number of nitrogens with one attached hydrogen (secondary N) is 1. The summed E-state index contributed by atoms with van der Waals surface area (Å²) in [5, 5.41) is 2.59. The molecule has 0 aromatic heterocycles. The lowest BCUT2D eigenvalue weighted by atomic mass is 10.1. The molecule has 0 aliphatic carbocycles. The first kappa shape index (κ1) is 19.3. The minimum absolute atomic E-state index is 0.170. The van der Waals surface area contributed by atoms with Crippen LogP contribution in [0.4, 0.5) is 8.78 Å². The van der Waals surface area contributed by atoms with Crippen LogP contribution in [0.25, 0.3) is 0 Å². The van der Waals surface area contributed by atoms with Crippen LogP contribution in [-0.2, 0) is 27.2 Å². The molecule has 1 atom stereocenters. The SMILES string of the molecule is COC(=O)[C@@H](Cc1cccc(I)c1)NC(=O)Cc1ccc(F)c(F)c1. The van der Waals surface area contributed by atoms with E-state index in [1.807, 2.05) is 24.3 Å². The highest BCUT2D eigenvalue weighted by Gasteiger charge is 2.22. The molecule has 0 aliphatic heterocycles. The van der Waals surface area contributed by atoms with E-state index in [9.17, 15) is 18.4 Å². The lowest BCUT2D eigenvalue weighted by Gasteiger charge is -2.17. The molecule has 1 amide bonds. The van der Waals surface area contributed by atoms with E-state index in [1.165, 1.54) is 13.2 Å². The minimum Gasteiger partial charge on any atom is -0.467 e. The van der Waals surface area contributed by atoms with Crippen molar-refractivity contribution in [1.82, 2.24) is 5.32 Å². The Kier molecular flexibility index (Phi) is 6.86. The fourth-order valence-corrected chi connectivity index (χ4v) is 2.92. The monoisotopic (exact) mass is 459 g/mol. The van der Waals surface area contributed by atoms with Crippen LogP contribution in [-0.4, -0.2) is 25.0 Å². The van der Waals surface area contributed by atoms with Crippen LogP contribution < -0.4 is 5.32 Å². The summed E-state index contributed by atoms with van der Waals surface area (Å²) in [6, 6.07) is 9.90. The van der Waals surface area contributed by atoms with Crippen LogP contribution in [0.3, 0.4) is 0 Å². The number of methoxy groups -OCH3 is 1. The number of rotatable bonds is 6. The van der Waals surface area contributed by atoms with Gasteiger partial charge in [-0.25, -0.2) is 13.6 Å². The second kappa shape index (κ2) is 8.89. The van der Waals surface area contributed by atoms with Gasteiger partial charge in [0.25, 0.3) is 0 Å². The maximum Gasteiger partial charge on any atom is 0.328 e. The number of halogens is 3. The van der Waals surface area contributed by atoms with Gasteiger partial charge in [0.15, 0.2) is 11.6 Å². The maximum atomic E-state index is 13.2. The van der Waals surface area contributed by atoms with Crippen molar-refractivity contribution in [2.24, 2.45) is 0 Å². The normalized spacial score (nSPS) is 11.7. The molecule has 0 spiro atoms. The fourth-order valence-electron chi connectivity index (χ4n) is 2.32. The molecule has 0 heterocycles. The van der Waals surface area contributed by atoms with Gasteiger partial charge in [0.1, 0.15) is 6.04 Å². The molecular weight excluding hydrogens is 443 g/mol. The van der Waals surface area contributed by atoms with E-state index in [4.69, 9.17) is 4.74 Å². The zero-order valence-electron chi connectivity index (χ0n) is 13.4. The van der Waals surface area contributed by atoms with Gasteiger partial charge >= 0.3 is 5.97 Å². The highest BCUT2D eigenvalue weighted by Crippen LogP contribution is 2.12. The van der Waals surface area contributed by atoms with Crippen molar-refractivity contribution in [2.45, 2.75) is 18.9 Å². The van der Waals surface area contributed by atoms with E-state index in [0.29, 0.717) is 5.56 Å². The van der Waals surface area contributed by atoms with E-state index in [0.717, 1.165) is 21.3 Å². The molecule has 0 bridgehead atoms. The van der Waals surface area contributed by atoms with Crippen molar-refractivity contribution in [3.63, 3.8) is 0 Å². The van der Waals surface area contributed by atoms with Gasteiger partial charge in [0.2, 0.25) is 5.91 Å². The van der Waals surface area contributed by atoms with Crippen LogP contribution >= 0.6 is 22.6 Å². The summed E-state index contributed by atoms with van der Waals surface area (Å²) in [5.41, 5.74) is 1.18. The minimum atomic E-state index is -1.02. The quantitative estimate of drug-likeness (QED) is 0.534. The van der Waals surface area contributed by atoms with Crippen molar-refractivity contribution in [1.29, 1.82) is 0 Å². The van der Waals surface area contributed by atoms with E-state index in [-0.39, 0.29) is 12.8 Å². The van der Waals surface area contributed by atoms with E-state index >= 15 is 0 Å². The second-order valence-electron chi connectivity index (χ2n) is 5.40. The maximum absolute atomic E-state index is 13.2. The third-order valence-corrected chi connectivity index (χ3v) is 4.17. The number of benzene rings is 2. The van der Waals surface area contributed by atoms with Crippen molar-refractivity contribution in [3.05, 3.63) is 68.8 Å². The molecule has 2 aromatic carbocycles. The molecule has 2 rings (SSSR count). The van der Waals surface area contributed by atoms with Gasteiger partial charge in [-0.05, 0) is 58.0 Å². The van der Waals surface area contributed by atoms with Gasteiger partial charge in [-0.15, -0.1) is 0 Å². The Hall–Kier alpha value is -2.03. The molecule has 0 saturated carbocycles. The summed E-state index contributed by atoms with van der Waals surface area (Å²) in [4.78, 5) is 24.1. The number of carbonyl (C=O) groups is 2. The number of hydrogen-bond donors (Lipinski definition) is 1. The third kappa shape index (κ3) is 5.77. The Labute approximate surface area is 157 Å². The Bertz CT molecular complexity index is 783. The average Bonchev–Trinajstić information content (AvgIpc) is 2.57. The molecule has 4 nitrogen and oxygen atoms in total. The third-order valence-electron chi connectivity index (χ3n) is 3.50. The number of esters is 1. The average molecular weight is 459 g/mol. The molecule has 0 aliphatic rings. The first-order chi connectivity index (χ1) is 11.9. The summed E-state index contributed by atoms with van der Waals surface area (Å²) < 4.78 is 31.9.